The molecule has 0 atom stereocenters. The highest BCUT2D eigenvalue weighted by atomic mass is 35.5. The molecule has 1 saturated heterocycles. The molecule has 0 unspecified atom stereocenters. The van der Waals surface area contributed by atoms with Crippen molar-refractivity contribution in [1.29, 1.82) is 0 Å². The van der Waals surface area contributed by atoms with Gasteiger partial charge in [-0.1, -0.05) is 29.3 Å². The number of hydrogen-bond donors (Lipinski definition) is 1. The standard InChI is InChI=1S/C9H10ClNO2.C7H8O3S/c1-6-8(10)4-7(5-11-6)9-12-2-3-13-9;1-6-2-4-7(5-3-6)11(8,9)10/h4-5,9H,2-3H2,1H3;2-5H,1H3,(H,8,9,10). The van der Waals surface area contributed by atoms with Crippen molar-refractivity contribution in [2.45, 2.75) is 25.0 Å². The van der Waals surface area contributed by atoms with E-state index in [0.717, 1.165) is 16.8 Å². The first-order valence-corrected chi connectivity index (χ1v) is 8.98. The first kappa shape index (κ1) is 18.8. The maximum absolute atomic E-state index is 10.5. The molecule has 3 rings (SSSR count). The van der Waals surface area contributed by atoms with E-state index in [1.165, 1.54) is 12.1 Å². The molecule has 2 aromatic rings. The van der Waals surface area contributed by atoms with Crippen LogP contribution in [0.15, 0.2) is 41.4 Å². The highest BCUT2D eigenvalue weighted by Crippen LogP contribution is 2.25. The number of halogens is 1. The van der Waals surface area contributed by atoms with Crippen LogP contribution in [0.4, 0.5) is 0 Å². The lowest BCUT2D eigenvalue weighted by Gasteiger charge is -2.09. The van der Waals surface area contributed by atoms with Gasteiger partial charge >= 0.3 is 0 Å². The van der Waals surface area contributed by atoms with E-state index in [9.17, 15) is 8.42 Å². The summed E-state index contributed by atoms with van der Waals surface area (Å²) in [5, 5.41) is 0.650. The third-order valence-electron chi connectivity index (χ3n) is 3.26. The zero-order valence-electron chi connectivity index (χ0n) is 13.3. The molecule has 1 aliphatic heterocycles. The second-order valence-corrected chi connectivity index (χ2v) is 7.03. The lowest BCUT2D eigenvalue weighted by molar-refractivity contribution is -0.0443. The Kier molecular flexibility index (Phi) is 6.31. The van der Waals surface area contributed by atoms with Gasteiger partial charge in [-0.05, 0) is 32.0 Å². The molecule has 1 fully saturated rings. The van der Waals surface area contributed by atoms with Crippen molar-refractivity contribution in [3.8, 4) is 0 Å². The summed E-state index contributed by atoms with van der Waals surface area (Å²) in [7, 11) is -4.02. The van der Waals surface area contributed by atoms with Gasteiger partial charge in [-0.2, -0.15) is 8.42 Å². The van der Waals surface area contributed by atoms with Crippen LogP contribution in [0.25, 0.3) is 0 Å². The number of pyridine rings is 1. The average Bonchev–Trinajstić information content (AvgIpc) is 3.04. The van der Waals surface area contributed by atoms with Crippen LogP contribution in [0.5, 0.6) is 0 Å². The van der Waals surface area contributed by atoms with Gasteiger partial charge in [0.25, 0.3) is 10.1 Å². The topological polar surface area (TPSA) is 85.7 Å². The largest absolute Gasteiger partial charge is 0.346 e. The second kappa shape index (κ2) is 8.04. The number of hydrogen-bond acceptors (Lipinski definition) is 5. The van der Waals surface area contributed by atoms with E-state index in [1.807, 2.05) is 19.9 Å². The highest BCUT2D eigenvalue weighted by Gasteiger charge is 2.19. The maximum atomic E-state index is 10.5. The Hall–Kier alpha value is -1.51. The Bertz CT molecular complexity index is 787. The van der Waals surface area contributed by atoms with Crippen molar-refractivity contribution in [3.05, 3.63) is 58.4 Å². The predicted octanol–water partition coefficient (Wildman–Crippen LogP) is 3.33. The normalized spacial score (nSPS) is 15.0. The van der Waals surface area contributed by atoms with E-state index in [-0.39, 0.29) is 11.2 Å². The summed E-state index contributed by atoms with van der Waals surface area (Å²) >= 11 is 5.92. The van der Waals surface area contributed by atoms with Crippen LogP contribution in [0.1, 0.15) is 23.1 Å². The summed E-state index contributed by atoms with van der Waals surface area (Å²) < 4.78 is 40.2. The molecule has 1 N–H and O–H groups in total. The molecule has 6 nitrogen and oxygen atoms in total. The minimum Gasteiger partial charge on any atom is -0.346 e. The van der Waals surface area contributed by atoms with Crippen LogP contribution in [-0.4, -0.2) is 31.2 Å². The summed E-state index contributed by atoms with van der Waals surface area (Å²) in [4.78, 5) is 4.06. The number of aromatic nitrogens is 1. The zero-order valence-corrected chi connectivity index (χ0v) is 14.8. The summed E-state index contributed by atoms with van der Waals surface area (Å²) in [6.07, 6.45) is 1.45. The Balaban J connectivity index is 0.000000177. The monoisotopic (exact) mass is 371 g/mol. The van der Waals surface area contributed by atoms with Gasteiger partial charge in [-0.3, -0.25) is 9.54 Å². The fourth-order valence-corrected chi connectivity index (χ4v) is 2.57. The molecule has 0 saturated carbocycles. The second-order valence-electron chi connectivity index (χ2n) is 5.20. The first-order chi connectivity index (χ1) is 11.3. The van der Waals surface area contributed by atoms with E-state index in [1.54, 1.807) is 18.3 Å². The summed E-state index contributed by atoms with van der Waals surface area (Å²) in [5.74, 6) is 0. The van der Waals surface area contributed by atoms with Gasteiger partial charge in [0.2, 0.25) is 0 Å². The fraction of sp³-hybridized carbons (Fsp3) is 0.312. The van der Waals surface area contributed by atoms with Gasteiger partial charge in [-0.25, -0.2) is 0 Å². The Morgan fingerprint density at radius 1 is 1.17 bits per heavy atom. The predicted molar refractivity (Wildman–Crippen MR) is 89.6 cm³/mol. The molecule has 2 heterocycles. The fourth-order valence-electron chi connectivity index (χ4n) is 1.91. The Morgan fingerprint density at radius 3 is 2.25 bits per heavy atom. The lowest BCUT2D eigenvalue weighted by Crippen LogP contribution is -1.99. The molecule has 0 aliphatic carbocycles. The number of nitrogens with zero attached hydrogens (tertiary/aromatic N) is 1. The maximum Gasteiger partial charge on any atom is 0.294 e. The van der Waals surface area contributed by atoms with E-state index < -0.39 is 10.1 Å². The SMILES string of the molecule is Cc1ccc(S(=O)(=O)O)cc1.Cc1ncc(C2OCCO2)cc1Cl. The van der Waals surface area contributed by atoms with Crippen LogP contribution >= 0.6 is 11.6 Å². The minimum absolute atomic E-state index is 0.0666. The molecule has 1 aliphatic rings. The van der Waals surface area contributed by atoms with Crippen molar-refractivity contribution in [3.63, 3.8) is 0 Å². The molecule has 0 bridgehead atoms. The van der Waals surface area contributed by atoms with E-state index in [4.69, 9.17) is 25.6 Å². The molecular weight excluding hydrogens is 354 g/mol. The molecule has 0 radical (unpaired) electrons. The minimum atomic E-state index is -4.02. The molecule has 24 heavy (non-hydrogen) atoms. The lowest BCUT2D eigenvalue weighted by atomic mass is 10.2. The van der Waals surface area contributed by atoms with Crippen molar-refractivity contribution in [2.75, 3.05) is 13.2 Å². The smallest absolute Gasteiger partial charge is 0.294 e. The van der Waals surface area contributed by atoms with Crippen molar-refractivity contribution in [2.24, 2.45) is 0 Å². The molecule has 1 aromatic carbocycles. The number of benzene rings is 1. The van der Waals surface area contributed by atoms with Crippen LogP contribution in [0.2, 0.25) is 5.02 Å². The van der Waals surface area contributed by atoms with Gasteiger partial charge in [0, 0.05) is 11.8 Å². The molecule has 130 valence electrons. The van der Waals surface area contributed by atoms with E-state index in [0.29, 0.717) is 18.2 Å². The summed E-state index contributed by atoms with van der Waals surface area (Å²) in [5.41, 5.74) is 2.66. The highest BCUT2D eigenvalue weighted by molar-refractivity contribution is 7.85. The van der Waals surface area contributed by atoms with Crippen LogP contribution < -0.4 is 0 Å². The van der Waals surface area contributed by atoms with Crippen molar-refractivity contribution >= 4 is 21.7 Å². The third-order valence-corrected chi connectivity index (χ3v) is 4.51. The number of aryl methyl sites for hydroxylation is 2. The van der Waals surface area contributed by atoms with E-state index in [2.05, 4.69) is 4.98 Å². The van der Waals surface area contributed by atoms with Crippen LogP contribution in [0.3, 0.4) is 0 Å². The van der Waals surface area contributed by atoms with Crippen LogP contribution in [-0.2, 0) is 19.6 Å². The number of rotatable bonds is 2. The third kappa shape index (κ3) is 5.25. The van der Waals surface area contributed by atoms with Crippen molar-refractivity contribution < 1.29 is 22.4 Å². The van der Waals surface area contributed by atoms with Gasteiger partial charge in [0.05, 0.1) is 28.8 Å². The van der Waals surface area contributed by atoms with Gasteiger partial charge in [0.15, 0.2) is 6.29 Å². The van der Waals surface area contributed by atoms with E-state index >= 15 is 0 Å². The molecule has 0 amide bonds. The molecule has 8 heteroatoms. The molecule has 1 aromatic heterocycles. The molecule has 0 spiro atoms. The first-order valence-electron chi connectivity index (χ1n) is 7.17. The number of ether oxygens (including phenoxy) is 2. The average molecular weight is 372 g/mol. The molecular formula is C16H18ClNO5S. The Labute approximate surface area is 146 Å². The Morgan fingerprint density at radius 2 is 1.75 bits per heavy atom. The van der Waals surface area contributed by atoms with Gasteiger partial charge in [0.1, 0.15) is 0 Å². The van der Waals surface area contributed by atoms with Gasteiger partial charge in [-0.15, -0.1) is 0 Å². The van der Waals surface area contributed by atoms with Gasteiger partial charge < -0.3 is 9.47 Å². The quantitative estimate of drug-likeness (QED) is 0.815. The summed E-state index contributed by atoms with van der Waals surface area (Å²) in [6.45, 7) is 4.97. The van der Waals surface area contributed by atoms with Crippen molar-refractivity contribution in [1.82, 2.24) is 4.98 Å². The zero-order chi connectivity index (χ0) is 17.7. The summed E-state index contributed by atoms with van der Waals surface area (Å²) in [6, 6.07) is 7.82. The van der Waals surface area contributed by atoms with Crippen LogP contribution in [0, 0.1) is 13.8 Å².